The second-order valence-corrected chi connectivity index (χ2v) is 5.16. The SMILES string of the molecule is CCOCCS(=O)(=O)N(CC)CCCl. The first-order chi connectivity index (χ1) is 6.58. The molecule has 0 aromatic carbocycles. The molecule has 0 aliphatic rings. The van der Waals surface area contributed by atoms with Crippen molar-refractivity contribution >= 4 is 21.6 Å². The molecule has 0 fully saturated rings. The third-order valence-corrected chi connectivity index (χ3v) is 3.85. The van der Waals surface area contributed by atoms with Crippen LogP contribution in [0.15, 0.2) is 0 Å². The van der Waals surface area contributed by atoms with Crippen LogP contribution in [0, 0.1) is 0 Å². The molecule has 0 amide bonds. The monoisotopic (exact) mass is 243 g/mol. The predicted octanol–water partition coefficient (Wildman–Crippen LogP) is 0.913. The summed E-state index contributed by atoms with van der Waals surface area (Å²) in [7, 11) is -3.18. The van der Waals surface area contributed by atoms with E-state index in [4.69, 9.17) is 16.3 Å². The smallest absolute Gasteiger partial charge is 0.216 e. The number of ether oxygens (including phenoxy) is 1. The lowest BCUT2D eigenvalue weighted by molar-refractivity contribution is 0.162. The van der Waals surface area contributed by atoms with E-state index in [1.54, 1.807) is 6.92 Å². The normalized spacial score (nSPS) is 12.3. The molecule has 0 aliphatic heterocycles. The van der Waals surface area contributed by atoms with E-state index in [0.29, 0.717) is 25.6 Å². The Kier molecular flexibility index (Phi) is 7.54. The lowest BCUT2D eigenvalue weighted by Gasteiger charge is -2.18. The molecule has 14 heavy (non-hydrogen) atoms. The molecule has 0 N–H and O–H groups in total. The Hall–Kier alpha value is 0.160. The summed E-state index contributed by atoms with van der Waals surface area (Å²) in [6, 6.07) is 0. The van der Waals surface area contributed by atoms with Gasteiger partial charge in [0.1, 0.15) is 0 Å². The Balaban J connectivity index is 4.12. The highest BCUT2D eigenvalue weighted by atomic mass is 35.5. The van der Waals surface area contributed by atoms with Crippen LogP contribution in [0.5, 0.6) is 0 Å². The van der Waals surface area contributed by atoms with Gasteiger partial charge < -0.3 is 4.74 Å². The highest BCUT2D eigenvalue weighted by molar-refractivity contribution is 7.89. The molecule has 0 bridgehead atoms. The Morgan fingerprint density at radius 2 is 2.00 bits per heavy atom. The van der Waals surface area contributed by atoms with Gasteiger partial charge in [-0.3, -0.25) is 0 Å². The molecule has 0 aliphatic carbocycles. The van der Waals surface area contributed by atoms with E-state index >= 15 is 0 Å². The van der Waals surface area contributed by atoms with Crippen molar-refractivity contribution in [2.24, 2.45) is 0 Å². The molecule has 86 valence electrons. The van der Waals surface area contributed by atoms with Crippen LogP contribution in [0.2, 0.25) is 0 Å². The van der Waals surface area contributed by atoms with Gasteiger partial charge in [0, 0.05) is 25.6 Å². The van der Waals surface area contributed by atoms with Gasteiger partial charge in [-0.2, -0.15) is 0 Å². The summed E-state index contributed by atoms with van der Waals surface area (Å²) >= 11 is 5.51. The van der Waals surface area contributed by atoms with E-state index < -0.39 is 10.0 Å². The minimum atomic E-state index is -3.18. The largest absolute Gasteiger partial charge is 0.381 e. The zero-order valence-electron chi connectivity index (χ0n) is 8.70. The van der Waals surface area contributed by atoms with Crippen molar-refractivity contribution in [3.05, 3.63) is 0 Å². The third kappa shape index (κ3) is 5.14. The second kappa shape index (κ2) is 7.45. The fraction of sp³-hybridized carbons (Fsp3) is 1.00. The van der Waals surface area contributed by atoms with Gasteiger partial charge in [0.2, 0.25) is 10.0 Å². The molecule has 0 aromatic rings. The first kappa shape index (κ1) is 14.2. The van der Waals surface area contributed by atoms with Crippen molar-refractivity contribution in [2.45, 2.75) is 13.8 Å². The van der Waals surface area contributed by atoms with Crippen LogP contribution in [0.3, 0.4) is 0 Å². The summed E-state index contributed by atoms with van der Waals surface area (Å²) in [6.07, 6.45) is 0. The third-order valence-electron chi connectivity index (χ3n) is 1.77. The van der Waals surface area contributed by atoms with Crippen LogP contribution >= 0.6 is 11.6 Å². The van der Waals surface area contributed by atoms with Crippen LogP contribution in [0.25, 0.3) is 0 Å². The van der Waals surface area contributed by atoms with Crippen LogP contribution < -0.4 is 0 Å². The zero-order valence-corrected chi connectivity index (χ0v) is 10.3. The van der Waals surface area contributed by atoms with E-state index in [-0.39, 0.29) is 12.4 Å². The van der Waals surface area contributed by atoms with Gasteiger partial charge >= 0.3 is 0 Å². The van der Waals surface area contributed by atoms with Crippen molar-refractivity contribution in [3.8, 4) is 0 Å². The van der Waals surface area contributed by atoms with Crippen LogP contribution in [0.1, 0.15) is 13.8 Å². The van der Waals surface area contributed by atoms with E-state index in [9.17, 15) is 8.42 Å². The number of rotatable bonds is 8. The van der Waals surface area contributed by atoms with Crippen molar-refractivity contribution in [2.75, 3.05) is 37.9 Å². The van der Waals surface area contributed by atoms with Gasteiger partial charge in [-0.1, -0.05) is 6.92 Å². The van der Waals surface area contributed by atoms with E-state index in [2.05, 4.69) is 0 Å². The summed E-state index contributed by atoms with van der Waals surface area (Å²) < 4.78 is 29.6. The van der Waals surface area contributed by atoms with Crippen LogP contribution in [-0.2, 0) is 14.8 Å². The number of nitrogens with zero attached hydrogens (tertiary/aromatic N) is 1. The maximum Gasteiger partial charge on any atom is 0.216 e. The molecule has 0 saturated carbocycles. The molecular weight excluding hydrogens is 226 g/mol. The zero-order chi connectivity index (χ0) is 11.0. The summed E-state index contributed by atoms with van der Waals surface area (Å²) in [5.41, 5.74) is 0. The van der Waals surface area contributed by atoms with E-state index in [1.165, 1.54) is 4.31 Å². The van der Waals surface area contributed by atoms with Gasteiger partial charge in [-0.25, -0.2) is 12.7 Å². The number of hydrogen-bond acceptors (Lipinski definition) is 3. The lowest BCUT2D eigenvalue weighted by atomic mass is 10.7. The summed E-state index contributed by atoms with van der Waals surface area (Å²) in [4.78, 5) is 0. The first-order valence-corrected chi connectivity index (χ1v) is 6.84. The van der Waals surface area contributed by atoms with Gasteiger partial charge in [0.25, 0.3) is 0 Å². The van der Waals surface area contributed by atoms with Crippen LogP contribution in [0.4, 0.5) is 0 Å². The Morgan fingerprint density at radius 1 is 1.36 bits per heavy atom. The van der Waals surface area contributed by atoms with Gasteiger partial charge in [-0.15, -0.1) is 11.6 Å². The Morgan fingerprint density at radius 3 is 2.43 bits per heavy atom. The summed E-state index contributed by atoms with van der Waals surface area (Å²) in [5, 5.41) is 0. The number of sulfonamides is 1. The molecule has 0 aromatic heterocycles. The second-order valence-electron chi connectivity index (χ2n) is 2.69. The molecule has 0 atom stereocenters. The van der Waals surface area contributed by atoms with Gasteiger partial charge in [0.05, 0.1) is 12.4 Å². The maximum atomic E-state index is 11.6. The van der Waals surface area contributed by atoms with E-state index in [0.717, 1.165) is 0 Å². The maximum absolute atomic E-state index is 11.6. The average molecular weight is 244 g/mol. The van der Waals surface area contributed by atoms with Crippen molar-refractivity contribution in [1.82, 2.24) is 4.31 Å². The van der Waals surface area contributed by atoms with Gasteiger partial charge in [0.15, 0.2) is 0 Å². The summed E-state index contributed by atoms with van der Waals surface area (Å²) in [6.45, 7) is 5.25. The highest BCUT2D eigenvalue weighted by Crippen LogP contribution is 2.01. The molecule has 6 heteroatoms. The minimum absolute atomic E-state index is 0.0333. The molecule has 0 heterocycles. The molecule has 0 rings (SSSR count). The molecule has 0 radical (unpaired) electrons. The van der Waals surface area contributed by atoms with Crippen LogP contribution in [-0.4, -0.2) is 50.7 Å². The lowest BCUT2D eigenvalue weighted by Crippen LogP contribution is -2.35. The fourth-order valence-corrected chi connectivity index (χ4v) is 2.68. The minimum Gasteiger partial charge on any atom is -0.381 e. The number of halogens is 1. The van der Waals surface area contributed by atoms with E-state index in [1.807, 2.05) is 6.92 Å². The van der Waals surface area contributed by atoms with Crippen molar-refractivity contribution in [1.29, 1.82) is 0 Å². The number of alkyl halides is 1. The van der Waals surface area contributed by atoms with Crippen molar-refractivity contribution < 1.29 is 13.2 Å². The van der Waals surface area contributed by atoms with Crippen molar-refractivity contribution in [3.63, 3.8) is 0 Å². The Bertz CT molecular complexity index is 231. The average Bonchev–Trinajstić information content (AvgIpc) is 2.14. The topological polar surface area (TPSA) is 46.6 Å². The quantitative estimate of drug-likeness (QED) is 0.470. The standard InChI is InChI=1S/C8H18ClNO3S/c1-3-10(6-5-9)14(11,12)8-7-13-4-2/h3-8H2,1-2H3. The number of hydrogen-bond donors (Lipinski definition) is 0. The fourth-order valence-electron chi connectivity index (χ4n) is 1.03. The molecule has 0 saturated heterocycles. The molecule has 0 spiro atoms. The summed E-state index contributed by atoms with van der Waals surface area (Å²) in [5.74, 6) is 0.354. The highest BCUT2D eigenvalue weighted by Gasteiger charge is 2.18. The first-order valence-electron chi connectivity index (χ1n) is 4.70. The molecule has 0 unspecified atom stereocenters. The molecular formula is C8H18ClNO3S. The Labute approximate surface area is 91.2 Å². The predicted molar refractivity (Wildman–Crippen MR) is 58.2 cm³/mol. The van der Waals surface area contributed by atoms with Gasteiger partial charge in [-0.05, 0) is 6.92 Å². The molecule has 4 nitrogen and oxygen atoms in total.